The number of carbonyl (C=O) groups excluding carboxylic acids is 2. The number of carbonyl (C=O) groups is 2. The largest absolute Gasteiger partial charge is 0.361 e. The van der Waals surface area contributed by atoms with Gasteiger partial charge in [0, 0.05) is 32.4 Å². The molecule has 2 amide bonds. The molecule has 1 fully saturated rings. The molecule has 1 saturated heterocycles. The van der Waals surface area contributed by atoms with Crippen molar-refractivity contribution in [1.82, 2.24) is 19.9 Å². The summed E-state index contributed by atoms with van der Waals surface area (Å²) in [4.78, 5) is 32.5. The molecule has 0 atom stereocenters. The molecule has 3 rings (SSSR count). The van der Waals surface area contributed by atoms with Gasteiger partial charge in [0.1, 0.15) is 17.1 Å². The van der Waals surface area contributed by atoms with Gasteiger partial charge in [0.15, 0.2) is 0 Å². The average Bonchev–Trinajstić information content (AvgIpc) is 2.85. The van der Waals surface area contributed by atoms with Crippen LogP contribution in [0.1, 0.15) is 45.5 Å². The zero-order valence-corrected chi connectivity index (χ0v) is 14.9. The van der Waals surface area contributed by atoms with Crippen LogP contribution in [0.25, 0.3) is 0 Å². The molecule has 138 valence electrons. The van der Waals surface area contributed by atoms with E-state index in [4.69, 9.17) is 4.52 Å². The van der Waals surface area contributed by atoms with Gasteiger partial charge in [0.2, 0.25) is 0 Å². The third kappa shape index (κ3) is 3.58. The zero-order valence-electron chi connectivity index (χ0n) is 14.9. The molecule has 0 N–H and O–H groups in total. The summed E-state index contributed by atoms with van der Waals surface area (Å²) in [6.07, 6.45) is 3.68. The standard InChI is InChI=1S/C18H21FN4O3/c1-3-15-16(12(2)26-21-15)18(25)23-6-4-5-22(7-8-23)17(24)13-9-14(19)11-20-10-13/h9-11H,3-8H2,1-2H3. The van der Waals surface area contributed by atoms with Crippen LogP contribution < -0.4 is 0 Å². The van der Waals surface area contributed by atoms with Crippen molar-refractivity contribution in [2.24, 2.45) is 0 Å². The van der Waals surface area contributed by atoms with E-state index in [1.165, 1.54) is 12.3 Å². The SMILES string of the molecule is CCc1noc(C)c1C(=O)N1CCCN(C(=O)c2cncc(F)c2)CC1. The smallest absolute Gasteiger partial charge is 0.259 e. The summed E-state index contributed by atoms with van der Waals surface area (Å²) in [5, 5.41) is 3.94. The van der Waals surface area contributed by atoms with Crippen LogP contribution >= 0.6 is 0 Å². The number of hydrogen-bond donors (Lipinski definition) is 0. The monoisotopic (exact) mass is 360 g/mol. The molecule has 0 saturated carbocycles. The number of aryl methyl sites for hydroxylation is 2. The van der Waals surface area contributed by atoms with Gasteiger partial charge in [-0.15, -0.1) is 0 Å². The summed E-state index contributed by atoms with van der Waals surface area (Å²) in [6, 6.07) is 1.18. The molecule has 7 nitrogen and oxygen atoms in total. The van der Waals surface area contributed by atoms with Crippen molar-refractivity contribution in [1.29, 1.82) is 0 Å². The van der Waals surface area contributed by atoms with Gasteiger partial charge >= 0.3 is 0 Å². The lowest BCUT2D eigenvalue weighted by molar-refractivity contribution is 0.0716. The van der Waals surface area contributed by atoms with Crippen LogP contribution in [0.5, 0.6) is 0 Å². The first-order valence-corrected chi connectivity index (χ1v) is 8.65. The first kappa shape index (κ1) is 18.0. The van der Waals surface area contributed by atoms with E-state index in [9.17, 15) is 14.0 Å². The van der Waals surface area contributed by atoms with Crippen molar-refractivity contribution in [2.45, 2.75) is 26.7 Å². The van der Waals surface area contributed by atoms with Crippen LogP contribution in [-0.2, 0) is 6.42 Å². The zero-order chi connectivity index (χ0) is 18.7. The number of aromatic nitrogens is 2. The average molecular weight is 360 g/mol. The van der Waals surface area contributed by atoms with Crippen LogP contribution in [0.4, 0.5) is 4.39 Å². The Morgan fingerprint density at radius 2 is 1.85 bits per heavy atom. The Hall–Kier alpha value is -2.77. The maximum atomic E-state index is 13.3. The van der Waals surface area contributed by atoms with Crippen molar-refractivity contribution in [2.75, 3.05) is 26.2 Å². The molecule has 0 aromatic carbocycles. The molecular formula is C18H21FN4O3. The van der Waals surface area contributed by atoms with Gasteiger partial charge in [0.05, 0.1) is 17.5 Å². The van der Waals surface area contributed by atoms with E-state index in [0.717, 1.165) is 6.20 Å². The molecule has 0 spiro atoms. The molecule has 0 radical (unpaired) electrons. The van der Waals surface area contributed by atoms with Crippen molar-refractivity contribution in [3.05, 3.63) is 46.9 Å². The normalized spacial score (nSPS) is 15.0. The van der Waals surface area contributed by atoms with Crippen molar-refractivity contribution in [3.8, 4) is 0 Å². The van der Waals surface area contributed by atoms with Crippen molar-refractivity contribution < 1.29 is 18.5 Å². The van der Waals surface area contributed by atoms with Gasteiger partial charge in [0.25, 0.3) is 11.8 Å². The lowest BCUT2D eigenvalue weighted by Gasteiger charge is -2.22. The van der Waals surface area contributed by atoms with E-state index in [1.807, 2.05) is 6.92 Å². The van der Waals surface area contributed by atoms with E-state index in [2.05, 4.69) is 10.1 Å². The maximum Gasteiger partial charge on any atom is 0.259 e. The predicted molar refractivity (Wildman–Crippen MR) is 91.2 cm³/mol. The number of nitrogens with zero attached hydrogens (tertiary/aromatic N) is 4. The van der Waals surface area contributed by atoms with Crippen LogP contribution in [0, 0.1) is 12.7 Å². The van der Waals surface area contributed by atoms with Crippen molar-refractivity contribution in [3.63, 3.8) is 0 Å². The fourth-order valence-electron chi connectivity index (χ4n) is 3.13. The highest BCUT2D eigenvalue weighted by Gasteiger charge is 2.27. The number of pyridine rings is 1. The van der Waals surface area contributed by atoms with Gasteiger partial charge in [-0.25, -0.2) is 4.39 Å². The number of halogens is 1. The Labute approximate surface area is 150 Å². The summed E-state index contributed by atoms with van der Waals surface area (Å²) in [7, 11) is 0. The quantitative estimate of drug-likeness (QED) is 0.837. The molecule has 1 aliphatic heterocycles. The first-order chi connectivity index (χ1) is 12.5. The molecule has 8 heteroatoms. The molecule has 3 heterocycles. The minimum absolute atomic E-state index is 0.123. The molecule has 0 bridgehead atoms. The predicted octanol–water partition coefficient (Wildman–Crippen LogP) is 2.07. The van der Waals surface area contributed by atoms with E-state index in [0.29, 0.717) is 56.0 Å². The third-order valence-electron chi connectivity index (χ3n) is 4.50. The Kier molecular flexibility index (Phi) is 5.29. The second-order valence-electron chi connectivity index (χ2n) is 6.24. The number of hydrogen-bond acceptors (Lipinski definition) is 5. The van der Waals surface area contributed by atoms with E-state index in [1.54, 1.807) is 16.7 Å². The van der Waals surface area contributed by atoms with Crippen LogP contribution in [-0.4, -0.2) is 57.9 Å². The number of rotatable bonds is 3. The summed E-state index contributed by atoms with van der Waals surface area (Å²) in [5.74, 6) is -0.434. The van der Waals surface area contributed by atoms with Crippen LogP contribution in [0.3, 0.4) is 0 Å². The fourth-order valence-corrected chi connectivity index (χ4v) is 3.13. The first-order valence-electron chi connectivity index (χ1n) is 8.65. The Morgan fingerprint density at radius 3 is 2.50 bits per heavy atom. The fraction of sp³-hybridized carbons (Fsp3) is 0.444. The van der Waals surface area contributed by atoms with Crippen molar-refractivity contribution >= 4 is 11.8 Å². The lowest BCUT2D eigenvalue weighted by atomic mass is 10.1. The van der Waals surface area contributed by atoms with Gasteiger partial charge in [-0.3, -0.25) is 14.6 Å². The summed E-state index contributed by atoms with van der Waals surface area (Å²) >= 11 is 0. The highest BCUT2D eigenvalue weighted by Crippen LogP contribution is 2.18. The van der Waals surface area contributed by atoms with Crippen LogP contribution in [0.15, 0.2) is 23.0 Å². The summed E-state index contributed by atoms with van der Waals surface area (Å²) in [5.41, 5.74) is 1.38. The minimum atomic E-state index is -0.544. The highest BCUT2D eigenvalue weighted by molar-refractivity contribution is 5.96. The molecule has 26 heavy (non-hydrogen) atoms. The molecular weight excluding hydrogens is 339 g/mol. The molecule has 1 aliphatic rings. The second kappa shape index (κ2) is 7.63. The second-order valence-corrected chi connectivity index (χ2v) is 6.24. The summed E-state index contributed by atoms with van der Waals surface area (Å²) in [6.45, 7) is 5.47. The van der Waals surface area contributed by atoms with Gasteiger partial charge in [-0.05, 0) is 25.8 Å². The van der Waals surface area contributed by atoms with Gasteiger partial charge in [-0.1, -0.05) is 12.1 Å². The molecule has 2 aromatic rings. The summed E-state index contributed by atoms with van der Waals surface area (Å²) < 4.78 is 18.5. The topological polar surface area (TPSA) is 79.5 Å². The highest BCUT2D eigenvalue weighted by atomic mass is 19.1. The lowest BCUT2D eigenvalue weighted by Crippen LogP contribution is -2.37. The van der Waals surface area contributed by atoms with Crippen LogP contribution in [0.2, 0.25) is 0 Å². The molecule has 0 aliphatic carbocycles. The van der Waals surface area contributed by atoms with Gasteiger partial charge < -0.3 is 14.3 Å². The minimum Gasteiger partial charge on any atom is -0.361 e. The maximum absolute atomic E-state index is 13.3. The molecule has 2 aromatic heterocycles. The Morgan fingerprint density at radius 1 is 1.15 bits per heavy atom. The molecule has 0 unspecified atom stereocenters. The van der Waals surface area contributed by atoms with E-state index >= 15 is 0 Å². The Balaban J connectivity index is 1.71. The van der Waals surface area contributed by atoms with E-state index in [-0.39, 0.29) is 17.4 Å². The Bertz CT molecular complexity index is 821. The van der Waals surface area contributed by atoms with Gasteiger partial charge in [-0.2, -0.15) is 0 Å². The number of amides is 2. The van der Waals surface area contributed by atoms with E-state index < -0.39 is 5.82 Å². The third-order valence-corrected chi connectivity index (χ3v) is 4.50.